The average Bonchev–Trinajstić information content (AvgIpc) is 2.70. The van der Waals surface area contributed by atoms with E-state index in [1.54, 1.807) is 0 Å². The molecule has 12 heavy (non-hydrogen) atoms. The summed E-state index contributed by atoms with van der Waals surface area (Å²) < 4.78 is 11.0. The highest BCUT2D eigenvalue weighted by Gasteiger charge is 2.48. The van der Waals surface area contributed by atoms with Crippen LogP contribution in [0.4, 0.5) is 0 Å². The minimum Gasteiger partial charge on any atom is -0.348 e. The van der Waals surface area contributed by atoms with Gasteiger partial charge in [0.15, 0.2) is 5.79 Å². The average molecular weight is 170 g/mol. The summed E-state index contributed by atoms with van der Waals surface area (Å²) in [7, 11) is 0. The molecule has 68 valence electrons. The molecule has 1 aliphatic heterocycles. The Morgan fingerprint density at radius 1 is 1.50 bits per heavy atom. The molecule has 3 nitrogen and oxygen atoms in total. The van der Waals surface area contributed by atoms with Crippen LogP contribution in [0.25, 0.3) is 0 Å². The van der Waals surface area contributed by atoms with E-state index in [2.05, 4.69) is 0 Å². The van der Waals surface area contributed by atoms with E-state index in [1.165, 1.54) is 0 Å². The molecule has 1 saturated carbocycles. The Morgan fingerprint density at radius 2 is 2.25 bits per heavy atom. The lowest BCUT2D eigenvalue weighted by molar-refractivity contribution is -0.141. The molecule has 1 aliphatic carbocycles. The van der Waals surface area contributed by atoms with Gasteiger partial charge in [0.1, 0.15) is 6.29 Å². The summed E-state index contributed by atoms with van der Waals surface area (Å²) in [6, 6.07) is 0. The Hall–Kier alpha value is -0.410. The summed E-state index contributed by atoms with van der Waals surface area (Å²) in [5.41, 5.74) is 0. The Balaban J connectivity index is 1.89. The molecular formula is C9H14O3. The van der Waals surface area contributed by atoms with Crippen LogP contribution in [0, 0.1) is 11.8 Å². The number of hydrogen-bond acceptors (Lipinski definition) is 3. The second kappa shape index (κ2) is 2.54. The van der Waals surface area contributed by atoms with Gasteiger partial charge in [0.2, 0.25) is 0 Å². The molecule has 2 aliphatic rings. The van der Waals surface area contributed by atoms with E-state index in [0.29, 0.717) is 12.5 Å². The summed E-state index contributed by atoms with van der Waals surface area (Å²) in [5, 5.41) is 0. The third-order valence-electron chi connectivity index (χ3n) is 2.57. The Kier molecular flexibility index (Phi) is 1.73. The molecule has 0 radical (unpaired) electrons. The summed E-state index contributed by atoms with van der Waals surface area (Å²) in [6.07, 6.45) is 2.16. The fourth-order valence-electron chi connectivity index (χ4n) is 1.75. The minimum atomic E-state index is -0.444. The third-order valence-corrected chi connectivity index (χ3v) is 2.57. The Bertz CT molecular complexity index is 200. The normalized spacial score (nSPS) is 44.3. The first-order valence-electron chi connectivity index (χ1n) is 4.39. The molecule has 2 rings (SSSR count). The first kappa shape index (κ1) is 8.20. The third kappa shape index (κ3) is 1.39. The molecule has 0 unspecified atom stereocenters. The summed E-state index contributed by atoms with van der Waals surface area (Å²) in [6.45, 7) is 4.46. The first-order chi connectivity index (χ1) is 5.62. The maximum Gasteiger partial charge on any atom is 0.163 e. The Morgan fingerprint density at radius 3 is 2.67 bits per heavy atom. The van der Waals surface area contributed by atoms with Crippen molar-refractivity contribution >= 4 is 6.29 Å². The van der Waals surface area contributed by atoms with E-state index in [0.717, 1.165) is 12.7 Å². The zero-order valence-corrected chi connectivity index (χ0v) is 7.45. The van der Waals surface area contributed by atoms with Gasteiger partial charge in [-0.2, -0.15) is 0 Å². The smallest absolute Gasteiger partial charge is 0.163 e. The molecular weight excluding hydrogens is 156 g/mol. The van der Waals surface area contributed by atoms with Gasteiger partial charge >= 0.3 is 0 Å². The summed E-state index contributed by atoms with van der Waals surface area (Å²) >= 11 is 0. The zero-order chi connectivity index (χ0) is 8.77. The second-order valence-electron chi connectivity index (χ2n) is 4.07. The topological polar surface area (TPSA) is 35.5 Å². The largest absolute Gasteiger partial charge is 0.348 e. The van der Waals surface area contributed by atoms with E-state index in [4.69, 9.17) is 9.47 Å². The van der Waals surface area contributed by atoms with Crippen LogP contribution in [-0.4, -0.2) is 24.8 Å². The van der Waals surface area contributed by atoms with Crippen LogP contribution < -0.4 is 0 Å². The quantitative estimate of drug-likeness (QED) is 0.579. The molecule has 1 heterocycles. The highest BCUT2D eigenvalue weighted by molar-refractivity contribution is 5.58. The maximum atomic E-state index is 10.4. The predicted octanol–water partition coefficient (Wildman–Crippen LogP) is 0.973. The monoisotopic (exact) mass is 170 g/mol. The van der Waals surface area contributed by atoms with Crippen molar-refractivity contribution in [3.63, 3.8) is 0 Å². The lowest BCUT2D eigenvalue weighted by Gasteiger charge is -2.16. The van der Waals surface area contributed by atoms with Gasteiger partial charge in [0, 0.05) is 5.92 Å². The van der Waals surface area contributed by atoms with Gasteiger partial charge in [-0.15, -0.1) is 0 Å². The van der Waals surface area contributed by atoms with E-state index in [9.17, 15) is 4.79 Å². The Labute approximate surface area is 72.0 Å². The van der Waals surface area contributed by atoms with Crippen molar-refractivity contribution in [2.24, 2.45) is 11.8 Å². The fourth-order valence-corrected chi connectivity index (χ4v) is 1.75. The van der Waals surface area contributed by atoms with Gasteiger partial charge in [-0.3, -0.25) is 0 Å². The standard InChI is InChI=1S/C9H14O3/c1-9(2)11-5-8(12-9)7-3-6(7)4-10/h4,6-8H,3,5H2,1-2H3/t6-,7+,8+/m0/s1. The molecule has 0 spiro atoms. The highest BCUT2D eigenvalue weighted by atomic mass is 16.7. The second-order valence-corrected chi connectivity index (χ2v) is 4.07. The zero-order valence-electron chi connectivity index (χ0n) is 7.45. The van der Waals surface area contributed by atoms with Gasteiger partial charge in [0.05, 0.1) is 12.7 Å². The van der Waals surface area contributed by atoms with Crippen molar-refractivity contribution in [1.29, 1.82) is 0 Å². The van der Waals surface area contributed by atoms with E-state index in [1.807, 2.05) is 13.8 Å². The van der Waals surface area contributed by atoms with Crippen molar-refractivity contribution in [2.45, 2.75) is 32.2 Å². The molecule has 3 heteroatoms. The number of carbonyl (C=O) groups excluding carboxylic acids is 1. The van der Waals surface area contributed by atoms with E-state index < -0.39 is 5.79 Å². The highest BCUT2D eigenvalue weighted by Crippen LogP contribution is 2.44. The number of aldehydes is 1. The maximum absolute atomic E-state index is 10.4. The van der Waals surface area contributed by atoms with E-state index >= 15 is 0 Å². The van der Waals surface area contributed by atoms with Crippen molar-refractivity contribution in [2.75, 3.05) is 6.61 Å². The van der Waals surface area contributed by atoms with Crippen molar-refractivity contribution in [3.05, 3.63) is 0 Å². The van der Waals surface area contributed by atoms with Gasteiger partial charge in [-0.05, 0) is 26.2 Å². The van der Waals surface area contributed by atoms with Gasteiger partial charge in [-0.25, -0.2) is 0 Å². The van der Waals surface area contributed by atoms with Crippen LogP contribution in [0.2, 0.25) is 0 Å². The first-order valence-corrected chi connectivity index (χ1v) is 4.39. The van der Waals surface area contributed by atoms with Crippen molar-refractivity contribution < 1.29 is 14.3 Å². The molecule has 0 aromatic carbocycles. The van der Waals surface area contributed by atoms with Crippen molar-refractivity contribution in [3.8, 4) is 0 Å². The lowest BCUT2D eigenvalue weighted by Crippen LogP contribution is -2.22. The molecule has 0 aromatic rings. The van der Waals surface area contributed by atoms with Gasteiger partial charge in [-0.1, -0.05) is 0 Å². The predicted molar refractivity (Wildman–Crippen MR) is 42.6 cm³/mol. The summed E-state index contributed by atoms with van der Waals surface area (Å²) in [4.78, 5) is 10.4. The molecule has 2 fully saturated rings. The molecule has 1 saturated heterocycles. The van der Waals surface area contributed by atoms with Crippen LogP contribution in [0.3, 0.4) is 0 Å². The molecule has 3 atom stereocenters. The minimum absolute atomic E-state index is 0.148. The number of carbonyl (C=O) groups is 1. The molecule has 0 aromatic heterocycles. The lowest BCUT2D eigenvalue weighted by atomic mass is 10.2. The van der Waals surface area contributed by atoms with Crippen LogP contribution in [0.5, 0.6) is 0 Å². The van der Waals surface area contributed by atoms with Crippen LogP contribution >= 0.6 is 0 Å². The van der Waals surface area contributed by atoms with E-state index in [-0.39, 0.29) is 12.0 Å². The van der Waals surface area contributed by atoms with Crippen LogP contribution in [0.15, 0.2) is 0 Å². The SMILES string of the molecule is CC1(C)OC[C@H]([C@@H]2C[C@H]2C=O)O1. The number of rotatable bonds is 2. The molecule has 0 amide bonds. The molecule has 0 bridgehead atoms. The number of ether oxygens (including phenoxy) is 2. The van der Waals surface area contributed by atoms with Crippen LogP contribution in [-0.2, 0) is 14.3 Å². The molecule has 0 N–H and O–H groups in total. The van der Waals surface area contributed by atoms with Crippen LogP contribution in [0.1, 0.15) is 20.3 Å². The van der Waals surface area contributed by atoms with Gasteiger partial charge < -0.3 is 14.3 Å². The fraction of sp³-hybridized carbons (Fsp3) is 0.889. The summed E-state index contributed by atoms with van der Waals surface area (Å²) in [5.74, 6) is 0.206. The van der Waals surface area contributed by atoms with Gasteiger partial charge in [0.25, 0.3) is 0 Å². The van der Waals surface area contributed by atoms with Crippen molar-refractivity contribution in [1.82, 2.24) is 0 Å². The number of hydrogen-bond donors (Lipinski definition) is 0.